The van der Waals surface area contributed by atoms with E-state index in [9.17, 15) is 9.59 Å². The van der Waals surface area contributed by atoms with Crippen LogP contribution in [0.3, 0.4) is 0 Å². The van der Waals surface area contributed by atoms with Gasteiger partial charge in [-0.15, -0.1) is 5.84 Å². The van der Waals surface area contributed by atoms with Crippen molar-refractivity contribution in [2.45, 2.75) is 0 Å². The summed E-state index contributed by atoms with van der Waals surface area (Å²) in [7, 11) is 0. The Balaban J connectivity index is 2.57. The van der Waals surface area contributed by atoms with Crippen LogP contribution in [0.25, 0.3) is 0 Å². The van der Waals surface area contributed by atoms with E-state index in [4.69, 9.17) is 22.6 Å². The largest absolute Gasteiger partial charge is 0.480 e. The molecule has 0 saturated heterocycles. The van der Waals surface area contributed by atoms with Gasteiger partial charge in [-0.3, -0.25) is 4.79 Å². The third-order valence-electron chi connectivity index (χ3n) is 1.63. The van der Waals surface area contributed by atoms with E-state index >= 15 is 0 Å². The minimum absolute atomic E-state index is 0.316. The molecule has 7 heteroatoms. The summed E-state index contributed by atoms with van der Waals surface area (Å²) >= 11 is 5.64. The number of carbonyl (C=O) groups is 2. The van der Waals surface area contributed by atoms with Crippen molar-refractivity contribution in [2.75, 3.05) is 11.9 Å². The minimum Gasteiger partial charge on any atom is -0.480 e. The molecule has 0 heterocycles. The summed E-state index contributed by atoms with van der Waals surface area (Å²) in [4.78, 5) is 21.5. The predicted octanol–water partition coefficient (Wildman–Crippen LogP) is 1.46. The zero-order valence-corrected chi connectivity index (χ0v) is 8.86. The highest BCUT2D eigenvalue weighted by Crippen LogP contribution is 2.13. The fourth-order valence-electron chi connectivity index (χ4n) is 0.931. The van der Waals surface area contributed by atoms with Crippen LogP contribution in [0.15, 0.2) is 24.3 Å². The summed E-state index contributed by atoms with van der Waals surface area (Å²) in [6.07, 6.45) is 0. The summed E-state index contributed by atoms with van der Waals surface area (Å²) in [5, 5.41) is 11.6. The second-order valence-corrected chi connectivity index (χ2v) is 3.35. The lowest BCUT2D eigenvalue weighted by molar-refractivity contribution is -0.137. The van der Waals surface area contributed by atoms with Gasteiger partial charge in [-0.05, 0) is 24.3 Å². The molecule has 1 rings (SSSR count). The van der Waals surface area contributed by atoms with E-state index in [2.05, 4.69) is 5.32 Å². The van der Waals surface area contributed by atoms with E-state index in [1.165, 1.54) is 0 Å². The monoisotopic (exact) mass is 242 g/mol. The zero-order valence-electron chi connectivity index (χ0n) is 8.11. The standard InChI is InChI=1S/C9H9ClN3O3/c10-6-1-3-7(4-2-6)12-9(16)13(11)5-8(14)15/h1-4,11H,5H2,(H,12,16)(H,14,15). The number of carboxylic acid groups (broad SMARTS) is 1. The van der Waals surface area contributed by atoms with Crippen molar-refractivity contribution in [1.29, 1.82) is 0 Å². The molecule has 85 valence electrons. The van der Waals surface area contributed by atoms with Gasteiger partial charge in [0.1, 0.15) is 6.54 Å². The Hall–Kier alpha value is -1.79. The van der Waals surface area contributed by atoms with Crippen molar-refractivity contribution in [2.24, 2.45) is 0 Å². The average Bonchev–Trinajstić information content (AvgIpc) is 2.20. The Kier molecular flexibility index (Phi) is 4.10. The van der Waals surface area contributed by atoms with Crippen LogP contribution in [0, 0.1) is 0 Å². The van der Waals surface area contributed by atoms with Crippen LogP contribution in [-0.2, 0) is 4.79 Å². The van der Waals surface area contributed by atoms with Crippen molar-refractivity contribution in [1.82, 2.24) is 10.9 Å². The van der Waals surface area contributed by atoms with Gasteiger partial charge in [0.2, 0.25) is 0 Å². The quantitative estimate of drug-likeness (QED) is 0.786. The predicted molar refractivity (Wildman–Crippen MR) is 57.9 cm³/mol. The lowest BCUT2D eigenvalue weighted by Gasteiger charge is -2.13. The van der Waals surface area contributed by atoms with E-state index in [0.717, 1.165) is 0 Å². The maximum absolute atomic E-state index is 11.3. The molecule has 1 radical (unpaired) electrons. The number of amides is 2. The molecular weight excluding hydrogens is 234 g/mol. The van der Waals surface area contributed by atoms with Crippen molar-refractivity contribution in [3.8, 4) is 0 Å². The molecule has 0 aliphatic rings. The van der Waals surface area contributed by atoms with Gasteiger partial charge in [0, 0.05) is 10.7 Å². The Morgan fingerprint density at radius 2 is 1.94 bits per heavy atom. The van der Waals surface area contributed by atoms with Crippen LogP contribution >= 0.6 is 11.6 Å². The first-order valence-corrected chi connectivity index (χ1v) is 4.64. The van der Waals surface area contributed by atoms with E-state index in [-0.39, 0.29) is 0 Å². The number of carbonyl (C=O) groups excluding carboxylic acids is 1. The summed E-state index contributed by atoms with van der Waals surface area (Å²) in [5.74, 6) is 5.87. The Labute approximate surface area is 96.6 Å². The highest BCUT2D eigenvalue weighted by molar-refractivity contribution is 6.30. The summed E-state index contributed by atoms with van der Waals surface area (Å²) in [5.41, 5.74) is 0.442. The maximum atomic E-state index is 11.3. The SMILES string of the molecule is [NH]N(CC(=O)O)C(=O)Nc1ccc(Cl)cc1. The number of aliphatic carboxylic acids is 1. The molecule has 0 aromatic heterocycles. The van der Waals surface area contributed by atoms with Gasteiger partial charge in [0.05, 0.1) is 0 Å². The second-order valence-electron chi connectivity index (χ2n) is 2.92. The topological polar surface area (TPSA) is 93.4 Å². The first kappa shape index (κ1) is 12.3. The number of anilines is 1. The van der Waals surface area contributed by atoms with E-state index in [1.54, 1.807) is 24.3 Å². The molecule has 6 nitrogen and oxygen atoms in total. The fraction of sp³-hybridized carbons (Fsp3) is 0.111. The van der Waals surface area contributed by atoms with Crippen LogP contribution in [0.2, 0.25) is 5.02 Å². The smallest absolute Gasteiger partial charge is 0.337 e. The fourth-order valence-corrected chi connectivity index (χ4v) is 1.06. The first-order chi connectivity index (χ1) is 7.49. The number of hydrogen-bond donors (Lipinski definition) is 2. The first-order valence-electron chi connectivity index (χ1n) is 4.26. The number of halogens is 1. The van der Waals surface area contributed by atoms with E-state index in [1.807, 2.05) is 0 Å². The lowest BCUT2D eigenvalue weighted by atomic mass is 10.3. The average molecular weight is 243 g/mol. The van der Waals surface area contributed by atoms with Gasteiger partial charge in [-0.2, -0.15) is 0 Å². The van der Waals surface area contributed by atoms with Crippen molar-refractivity contribution >= 4 is 29.3 Å². The number of nitrogens with one attached hydrogen (secondary N) is 2. The molecule has 3 N–H and O–H groups in total. The van der Waals surface area contributed by atoms with Crippen LogP contribution in [-0.4, -0.2) is 28.7 Å². The second kappa shape index (κ2) is 5.34. The number of carboxylic acids is 1. The third kappa shape index (κ3) is 3.76. The molecule has 0 fully saturated rings. The van der Waals surface area contributed by atoms with E-state index in [0.29, 0.717) is 15.7 Å². The molecule has 0 spiro atoms. The van der Waals surface area contributed by atoms with Gasteiger partial charge in [-0.1, -0.05) is 11.6 Å². The van der Waals surface area contributed by atoms with Crippen LogP contribution in [0.1, 0.15) is 0 Å². The van der Waals surface area contributed by atoms with E-state index < -0.39 is 18.5 Å². The lowest BCUT2D eigenvalue weighted by Crippen LogP contribution is -2.37. The van der Waals surface area contributed by atoms with Gasteiger partial charge < -0.3 is 10.4 Å². The third-order valence-corrected chi connectivity index (χ3v) is 1.89. The number of rotatable bonds is 3. The highest BCUT2D eigenvalue weighted by Gasteiger charge is 2.13. The Bertz CT molecular complexity index is 393. The Morgan fingerprint density at radius 1 is 1.38 bits per heavy atom. The van der Waals surface area contributed by atoms with Crippen LogP contribution < -0.4 is 11.2 Å². The number of nitrogens with zero attached hydrogens (tertiary/aromatic N) is 1. The molecule has 0 unspecified atom stereocenters. The minimum atomic E-state index is -1.25. The van der Waals surface area contributed by atoms with Gasteiger partial charge in [-0.25, -0.2) is 9.80 Å². The summed E-state index contributed by atoms with van der Waals surface area (Å²) < 4.78 is 0. The van der Waals surface area contributed by atoms with Crippen molar-refractivity contribution in [3.63, 3.8) is 0 Å². The molecule has 0 bridgehead atoms. The molecule has 0 saturated carbocycles. The molecule has 0 aliphatic heterocycles. The van der Waals surface area contributed by atoms with Gasteiger partial charge in [0.15, 0.2) is 0 Å². The maximum Gasteiger partial charge on any atom is 0.337 e. The summed E-state index contributed by atoms with van der Waals surface area (Å²) in [6.45, 7) is -0.681. The summed E-state index contributed by atoms with van der Waals surface area (Å²) in [6, 6.07) is 5.43. The van der Waals surface area contributed by atoms with Gasteiger partial charge in [0.25, 0.3) is 0 Å². The Morgan fingerprint density at radius 3 is 2.44 bits per heavy atom. The normalized spacial score (nSPS) is 9.62. The molecular formula is C9H9ClN3O3. The van der Waals surface area contributed by atoms with Crippen LogP contribution in [0.4, 0.5) is 10.5 Å². The van der Waals surface area contributed by atoms with Crippen LogP contribution in [0.5, 0.6) is 0 Å². The molecule has 2 amide bonds. The van der Waals surface area contributed by atoms with Crippen molar-refractivity contribution in [3.05, 3.63) is 29.3 Å². The van der Waals surface area contributed by atoms with Gasteiger partial charge >= 0.3 is 12.0 Å². The highest BCUT2D eigenvalue weighted by atomic mass is 35.5. The molecule has 1 aromatic carbocycles. The molecule has 1 aromatic rings. The number of urea groups is 1. The number of hydrogen-bond acceptors (Lipinski definition) is 2. The molecule has 0 atom stereocenters. The number of benzene rings is 1. The molecule has 16 heavy (non-hydrogen) atoms. The van der Waals surface area contributed by atoms with Crippen molar-refractivity contribution < 1.29 is 14.7 Å². The molecule has 0 aliphatic carbocycles. The zero-order chi connectivity index (χ0) is 12.1.